The third-order valence-corrected chi connectivity index (χ3v) is 12.4. The van der Waals surface area contributed by atoms with E-state index in [0.29, 0.717) is 38.4 Å². The molecule has 3 heterocycles. The number of sulfonamides is 1. The molecule has 1 aliphatic heterocycles. The van der Waals surface area contributed by atoms with Crippen molar-refractivity contribution in [3.63, 3.8) is 0 Å². The molecule has 2 aromatic carbocycles. The minimum absolute atomic E-state index is 0.129. The fourth-order valence-electron chi connectivity index (χ4n) is 7.09. The first-order valence-corrected chi connectivity index (χ1v) is 20.5. The number of benzene rings is 2. The zero-order chi connectivity index (χ0) is 36.1. The number of thiazole rings is 1. The van der Waals surface area contributed by atoms with Crippen LogP contribution in [0.5, 0.6) is 5.75 Å². The Labute approximate surface area is 306 Å². The Bertz CT molecular complexity index is 1930. The average Bonchev–Trinajstić information content (AvgIpc) is 3.52. The monoisotopic (exact) mass is 730 g/mol. The molecule has 51 heavy (non-hydrogen) atoms. The molecule has 1 saturated carbocycles. The lowest BCUT2D eigenvalue weighted by Gasteiger charge is -2.38. The van der Waals surface area contributed by atoms with Crippen molar-refractivity contribution in [1.29, 1.82) is 0 Å². The summed E-state index contributed by atoms with van der Waals surface area (Å²) >= 11 is 1.29. The number of hydrogen-bond donors (Lipinski definition) is 2. The highest BCUT2D eigenvalue weighted by Crippen LogP contribution is 2.43. The normalized spacial score (nSPS) is 17.8. The van der Waals surface area contributed by atoms with Gasteiger partial charge in [-0.05, 0) is 79.3 Å². The van der Waals surface area contributed by atoms with Crippen LogP contribution in [0.3, 0.4) is 0 Å². The number of aryl methyl sites for hydroxylation is 1. The summed E-state index contributed by atoms with van der Waals surface area (Å²) in [5.74, 6) is 0.445. The third-order valence-electron chi connectivity index (χ3n) is 10.0. The van der Waals surface area contributed by atoms with Crippen molar-refractivity contribution in [2.45, 2.75) is 96.4 Å². The number of fused-ring (bicyclic) bond motifs is 6. The van der Waals surface area contributed by atoms with E-state index in [1.54, 1.807) is 12.1 Å². The van der Waals surface area contributed by atoms with Crippen LogP contribution in [-0.2, 0) is 21.2 Å². The molecular formula is C40H50N4O5S2. The number of nitrogens with one attached hydrogen (secondary N) is 1. The van der Waals surface area contributed by atoms with Crippen LogP contribution in [0.2, 0.25) is 0 Å². The molecule has 9 nitrogen and oxygen atoms in total. The lowest BCUT2D eigenvalue weighted by molar-refractivity contribution is -0.150. The number of carboxylic acids is 1. The largest absolute Gasteiger partial charge is 0.494 e. The smallest absolute Gasteiger partial charge is 0.311 e. The second kappa shape index (κ2) is 15.7. The molecule has 2 N–H and O–H groups in total. The van der Waals surface area contributed by atoms with Gasteiger partial charge in [-0.2, -0.15) is 8.42 Å². The minimum Gasteiger partial charge on any atom is -0.494 e. The summed E-state index contributed by atoms with van der Waals surface area (Å²) in [5.41, 5.74) is 3.05. The minimum atomic E-state index is -4.14. The van der Waals surface area contributed by atoms with Gasteiger partial charge in [0.15, 0.2) is 10.2 Å². The van der Waals surface area contributed by atoms with E-state index in [1.807, 2.05) is 41.3 Å². The molecule has 4 aromatic rings. The fraction of sp³-hybridized carbons (Fsp3) is 0.475. The Balaban J connectivity index is 1.38. The second-order valence-electron chi connectivity index (χ2n) is 15.2. The molecule has 0 amide bonds. The number of aliphatic carboxylic acids is 1. The molecule has 1 aliphatic carbocycles. The van der Waals surface area contributed by atoms with Gasteiger partial charge in [-0.1, -0.05) is 107 Å². The van der Waals surface area contributed by atoms with Gasteiger partial charge in [0.25, 0.3) is 10.0 Å². The van der Waals surface area contributed by atoms with Crippen molar-refractivity contribution in [3.8, 4) is 27.4 Å². The maximum atomic E-state index is 14.0. The van der Waals surface area contributed by atoms with Crippen LogP contribution in [0.25, 0.3) is 21.7 Å². The van der Waals surface area contributed by atoms with Crippen LogP contribution >= 0.6 is 11.3 Å². The molecule has 0 atom stereocenters. The highest BCUT2D eigenvalue weighted by atomic mass is 32.2. The summed E-state index contributed by atoms with van der Waals surface area (Å²) in [5, 5.41) is 10.5. The summed E-state index contributed by atoms with van der Waals surface area (Å²) in [6.45, 7) is 8.07. The van der Waals surface area contributed by atoms with Gasteiger partial charge in [-0.3, -0.25) is 9.52 Å². The molecule has 0 spiro atoms. The Hall–Kier alpha value is -3.96. The second-order valence-corrected chi connectivity index (χ2v) is 17.8. The summed E-state index contributed by atoms with van der Waals surface area (Å²) in [6.07, 6.45) is 9.59. The van der Waals surface area contributed by atoms with E-state index in [2.05, 4.69) is 42.6 Å². The van der Waals surface area contributed by atoms with Gasteiger partial charge >= 0.3 is 5.97 Å². The van der Waals surface area contributed by atoms with Crippen molar-refractivity contribution < 1.29 is 23.1 Å². The Kier molecular flexibility index (Phi) is 11.4. The van der Waals surface area contributed by atoms with Crippen molar-refractivity contribution in [1.82, 2.24) is 9.97 Å². The number of hydrogen-bond acceptors (Lipinski definition) is 8. The van der Waals surface area contributed by atoms with Crippen molar-refractivity contribution in [3.05, 3.63) is 72.3 Å². The van der Waals surface area contributed by atoms with E-state index in [-0.39, 0.29) is 15.6 Å². The number of nitrogens with zero attached hydrogens (tertiary/aromatic N) is 3. The first-order chi connectivity index (χ1) is 24.4. The van der Waals surface area contributed by atoms with Gasteiger partial charge in [-0.25, -0.2) is 9.97 Å². The molecule has 0 unspecified atom stereocenters. The van der Waals surface area contributed by atoms with Crippen LogP contribution < -0.4 is 14.4 Å². The van der Waals surface area contributed by atoms with E-state index >= 15 is 0 Å². The molecule has 11 heteroatoms. The average molecular weight is 731 g/mol. The Morgan fingerprint density at radius 3 is 2.47 bits per heavy atom. The molecule has 0 saturated heterocycles. The number of pyridine rings is 1. The van der Waals surface area contributed by atoms with Crippen LogP contribution in [-0.4, -0.2) is 49.2 Å². The van der Waals surface area contributed by atoms with E-state index in [4.69, 9.17) is 9.72 Å². The van der Waals surface area contributed by atoms with E-state index < -0.39 is 21.4 Å². The fourth-order valence-corrected chi connectivity index (χ4v) is 9.26. The highest BCUT2D eigenvalue weighted by molar-refractivity contribution is 7.92. The van der Waals surface area contributed by atoms with Gasteiger partial charge in [0.1, 0.15) is 11.6 Å². The maximum Gasteiger partial charge on any atom is 0.311 e. The number of rotatable bonds is 7. The van der Waals surface area contributed by atoms with Crippen LogP contribution in [0.4, 0.5) is 10.9 Å². The summed E-state index contributed by atoms with van der Waals surface area (Å²) in [4.78, 5) is 25.1. The van der Waals surface area contributed by atoms with Crippen molar-refractivity contribution in [2.24, 2.45) is 10.8 Å². The number of carboxylic acid groups (broad SMARTS) is 1. The van der Waals surface area contributed by atoms with E-state index in [9.17, 15) is 18.3 Å². The Morgan fingerprint density at radius 2 is 1.69 bits per heavy atom. The third kappa shape index (κ3) is 9.10. The van der Waals surface area contributed by atoms with Crippen LogP contribution in [0.15, 0.2) is 71.8 Å². The first kappa shape index (κ1) is 36.8. The lowest BCUT2D eigenvalue weighted by Crippen LogP contribution is -2.45. The zero-order valence-electron chi connectivity index (χ0n) is 30.0. The Morgan fingerprint density at radius 1 is 0.941 bits per heavy atom. The van der Waals surface area contributed by atoms with Gasteiger partial charge in [-0.15, -0.1) is 0 Å². The zero-order valence-corrected chi connectivity index (χ0v) is 31.6. The maximum absolute atomic E-state index is 14.0. The molecule has 6 rings (SSSR count). The van der Waals surface area contributed by atoms with Crippen molar-refractivity contribution in [2.75, 3.05) is 29.3 Å². The molecule has 4 bridgehead atoms. The molecule has 1 fully saturated rings. The highest BCUT2D eigenvalue weighted by Gasteiger charge is 2.41. The van der Waals surface area contributed by atoms with Gasteiger partial charge in [0, 0.05) is 18.7 Å². The molecule has 272 valence electrons. The van der Waals surface area contributed by atoms with Crippen LogP contribution in [0, 0.1) is 10.8 Å². The first-order valence-electron chi connectivity index (χ1n) is 18.2. The van der Waals surface area contributed by atoms with E-state index in [1.165, 1.54) is 17.4 Å². The van der Waals surface area contributed by atoms with Crippen LogP contribution in [0.1, 0.15) is 90.5 Å². The SMILES string of the molecule is CC(C)(C)CCOc1cccc(-c2sc3nc2-c2ccccc2CCCCCCN(CC2(C(=O)O)CCCCC2)c2cccc(n2)S(=O)(=O)N3)c1. The molecular weight excluding hydrogens is 681 g/mol. The molecule has 2 aromatic heterocycles. The number of anilines is 2. The lowest BCUT2D eigenvalue weighted by atomic mass is 9.73. The number of ether oxygens (including phenoxy) is 1. The quantitative estimate of drug-likeness (QED) is 0.193. The van der Waals surface area contributed by atoms with E-state index in [0.717, 1.165) is 90.8 Å². The molecule has 2 aliphatic rings. The number of carbonyl (C=O) groups is 1. The predicted molar refractivity (Wildman–Crippen MR) is 205 cm³/mol. The predicted octanol–water partition coefficient (Wildman–Crippen LogP) is 9.45. The summed E-state index contributed by atoms with van der Waals surface area (Å²) < 4.78 is 36.9. The standard InChI is InChI=1S/C40H50N4O5S2/c1-39(2,3)24-26-49-31-18-13-17-30(27-31)36-35-32-19-9-8-16-29(32)15-7-4-5-12-25-44(28-40(37(45)46)22-10-6-11-23-40)33-20-14-21-34(41-33)51(47,48)43-38(42-35)50-36/h8-9,13-14,16-21,27H,4-7,10-12,15,22-26,28H2,1-3H3,(H,42,43)(H,45,46). The van der Waals surface area contributed by atoms with Gasteiger partial charge in [0.05, 0.1) is 22.6 Å². The van der Waals surface area contributed by atoms with Gasteiger partial charge < -0.3 is 14.7 Å². The topological polar surface area (TPSA) is 122 Å². The number of aromatic nitrogens is 2. The summed E-state index contributed by atoms with van der Waals surface area (Å²) in [7, 11) is -4.14. The van der Waals surface area contributed by atoms with Crippen molar-refractivity contribution >= 4 is 38.3 Å². The van der Waals surface area contributed by atoms with Gasteiger partial charge in [0.2, 0.25) is 0 Å². The summed E-state index contributed by atoms with van der Waals surface area (Å²) in [6, 6.07) is 21.1. The molecule has 0 radical (unpaired) electrons.